The topological polar surface area (TPSA) is 79.8 Å². The normalized spacial score (nSPS) is 14.8. The van der Waals surface area contributed by atoms with Gasteiger partial charge in [0.2, 0.25) is 0 Å². The monoisotopic (exact) mass is 357 g/mol. The van der Waals surface area contributed by atoms with Crippen molar-refractivity contribution in [1.82, 2.24) is 19.8 Å². The quantitative estimate of drug-likeness (QED) is 0.871. The molecule has 2 heterocycles. The lowest BCUT2D eigenvalue weighted by molar-refractivity contribution is 0.0658. The van der Waals surface area contributed by atoms with Crippen LogP contribution in [0.1, 0.15) is 10.5 Å². The number of carbonyl (C=O) groups excluding carboxylic acids is 1. The van der Waals surface area contributed by atoms with E-state index in [0.717, 1.165) is 13.1 Å². The second kappa shape index (κ2) is 8.01. The number of nitrogens with zero attached hydrogens (tertiary/aromatic N) is 4. The van der Waals surface area contributed by atoms with Crippen molar-refractivity contribution in [2.45, 2.75) is 0 Å². The van der Waals surface area contributed by atoms with Crippen molar-refractivity contribution >= 4 is 17.4 Å². The summed E-state index contributed by atoms with van der Waals surface area (Å²) in [6.07, 6.45) is 1.39. The van der Waals surface area contributed by atoms with E-state index in [4.69, 9.17) is 9.47 Å². The molecule has 1 aliphatic rings. The highest BCUT2D eigenvalue weighted by molar-refractivity contribution is 5.93. The summed E-state index contributed by atoms with van der Waals surface area (Å²) < 4.78 is 10.6. The van der Waals surface area contributed by atoms with Crippen molar-refractivity contribution in [2.75, 3.05) is 52.8 Å². The number of nitrogens with one attached hydrogen (secondary N) is 1. The molecule has 0 aliphatic carbocycles. The summed E-state index contributed by atoms with van der Waals surface area (Å²) in [4.78, 5) is 25.0. The highest BCUT2D eigenvalue weighted by Crippen LogP contribution is 2.31. The highest BCUT2D eigenvalue weighted by atomic mass is 16.5. The number of ether oxygens (including phenoxy) is 2. The molecule has 0 radical (unpaired) electrons. The standard InChI is InChI=1S/C18H23N5O3/c1-22-6-8-23(9-7-22)18(24)15-11-17(20-12-19-15)21-14-10-13(25-2)4-5-16(14)26-3/h4-5,10-12H,6-9H2,1-3H3,(H,19,20,21). The van der Waals surface area contributed by atoms with Gasteiger partial charge in [-0.15, -0.1) is 0 Å². The molecular formula is C18H23N5O3. The Labute approximate surface area is 152 Å². The van der Waals surface area contributed by atoms with E-state index in [1.54, 1.807) is 26.4 Å². The Kier molecular flexibility index (Phi) is 5.52. The predicted octanol–water partition coefficient (Wildman–Crippen LogP) is 1.62. The molecule has 1 saturated heterocycles. The summed E-state index contributed by atoms with van der Waals surface area (Å²) >= 11 is 0. The number of anilines is 2. The van der Waals surface area contributed by atoms with Crippen molar-refractivity contribution < 1.29 is 14.3 Å². The van der Waals surface area contributed by atoms with Crippen molar-refractivity contribution in [3.8, 4) is 11.5 Å². The van der Waals surface area contributed by atoms with Crippen LogP contribution in [0.25, 0.3) is 0 Å². The van der Waals surface area contributed by atoms with Crippen LogP contribution in [0.5, 0.6) is 11.5 Å². The van der Waals surface area contributed by atoms with E-state index in [1.165, 1.54) is 6.33 Å². The summed E-state index contributed by atoms with van der Waals surface area (Å²) in [7, 11) is 5.24. The summed E-state index contributed by atoms with van der Waals surface area (Å²) in [6, 6.07) is 7.08. The summed E-state index contributed by atoms with van der Waals surface area (Å²) in [5, 5.41) is 3.17. The Morgan fingerprint density at radius 2 is 1.85 bits per heavy atom. The molecule has 1 fully saturated rings. The second-order valence-corrected chi connectivity index (χ2v) is 6.08. The molecule has 8 nitrogen and oxygen atoms in total. The summed E-state index contributed by atoms with van der Waals surface area (Å²) in [6.45, 7) is 3.13. The Bertz CT molecular complexity index is 775. The van der Waals surface area contributed by atoms with E-state index < -0.39 is 0 Å². The van der Waals surface area contributed by atoms with Gasteiger partial charge in [-0.3, -0.25) is 4.79 Å². The number of hydrogen-bond donors (Lipinski definition) is 1. The molecule has 138 valence electrons. The fourth-order valence-corrected chi connectivity index (χ4v) is 2.76. The Morgan fingerprint density at radius 1 is 1.08 bits per heavy atom. The molecule has 1 aromatic carbocycles. The molecule has 26 heavy (non-hydrogen) atoms. The van der Waals surface area contributed by atoms with Crippen molar-refractivity contribution in [2.24, 2.45) is 0 Å². The lowest BCUT2D eigenvalue weighted by atomic mass is 10.2. The molecule has 1 N–H and O–H groups in total. The third-order valence-corrected chi connectivity index (χ3v) is 4.35. The summed E-state index contributed by atoms with van der Waals surface area (Å²) in [5.41, 5.74) is 1.07. The van der Waals surface area contributed by atoms with Crippen LogP contribution in [0.4, 0.5) is 11.5 Å². The number of piperazine rings is 1. The minimum atomic E-state index is -0.0823. The predicted molar refractivity (Wildman–Crippen MR) is 98.3 cm³/mol. The van der Waals surface area contributed by atoms with Crippen molar-refractivity contribution in [1.29, 1.82) is 0 Å². The van der Waals surface area contributed by atoms with Gasteiger partial charge in [-0.25, -0.2) is 9.97 Å². The highest BCUT2D eigenvalue weighted by Gasteiger charge is 2.21. The zero-order valence-electron chi connectivity index (χ0n) is 15.2. The minimum Gasteiger partial charge on any atom is -0.497 e. The molecule has 0 unspecified atom stereocenters. The van der Waals surface area contributed by atoms with E-state index in [-0.39, 0.29) is 5.91 Å². The van der Waals surface area contributed by atoms with Crippen LogP contribution in [-0.2, 0) is 0 Å². The zero-order valence-corrected chi connectivity index (χ0v) is 15.2. The van der Waals surface area contributed by atoms with Gasteiger partial charge in [0, 0.05) is 38.3 Å². The van der Waals surface area contributed by atoms with Gasteiger partial charge in [0.1, 0.15) is 29.3 Å². The van der Waals surface area contributed by atoms with Gasteiger partial charge in [0.15, 0.2) is 0 Å². The van der Waals surface area contributed by atoms with Gasteiger partial charge in [0.05, 0.1) is 19.9 Å². The van der Waals surface area contributed by atoms with E-state index in [0.29, 0.717) is 41.8 Å². The number of carbonyl (C=O) groups is 1. The maximum Gasteiger partial charge on any atom is 0.272 e. The lowest BCUT2D eigenvalue weighted by Gasteiger charge is -2.32. The average molecular weight is 357 g/mol. The van der Waals surface area contributed by atoms with E-state index in [1.807, 2.05) is 17.0 Å². The molecule has 1 amide bonds. The fourth-order valence-electron chi connectivity index (χ4n) is 2.76. The first-order chi connectivity index (χ1) is 12.6. The second-order valence-electron chi connectivity index (χ2n) is 6.08. The Balaban J connectivity index is 1.78. The van der Waals surface area contributed by atoms with Gasteiger partial charge >= 0.3 is 0 Å². The van der Waals surface area contributed by atoms with Crippen LogP contribution in [-0.4, -0.2) is 73.1 Å². The fraction of sp³-hybridized carbons (Fsp3) is 0.389. The molecule has 8 heteroatoms. The van der Waals surface area contributed by atoms with Crippen LogP contribution < -0.4 is 14.8 Å². The average Bonchev–Trinajstić information content (AvgIpc) is 2.68. The molecule has 0 saturated carbocycles. The molecule has 2 aromatic rings. The van der Waals surface area contributed by atoms with Gasteiger partial charge in [-0.2, -0.15) is 0 Å². The third-order valence-electron chi connectivity index (χ3n) is 4.35. The number of aromatic nitrogens is 2. The minimum absolute atomic E-state index is 0.0823. The molecule has 0 spiro atoms. The number of likely N-dealkylation sites (N-methyl/N-ethyl adjacent to an activating group) is 1. The van der Waals surface area contributed by atoms with Crippen LogP contribution in [0.2, 0.25) is 0 Å². The first-order valence-electron chi connectivity index (χ1n) is 8.39. The molecule has 0 atom stereocenters. The number of rotatable bonds is 5. The number of methoxy groups -OCH3 is 2. The van der Waals surface area contributed by atoms with E-state index in [2.05, 4.69) is 27.2 Å². The molecule has 1 aromatic heterocycles. The SMILES string of the molecule is COc1ccc(OC)c(Nc2cc(C(=O)N3CCN(C)CC3)ncn2)c1. The van der Waals surface area contributed by atoms with Crippen molar-refractivity contribution in [3.05, 3.63) is 36.3 Å². The van der Waals surface area contributed by atoms with Gasteiger partial charge in [-0.1, -0.05) is 0 Å². The van der Waals surface area contributed by atoms with Crippen LogP contribution in [0.3, 0.4) is 0 Å². The largest absolute Gasteiger partial charge is 0.497 e. The first kappa shape index (κ1) is 17.9. The molecule has 0 bridgehead atoms. The Morgan fingerprint density at radius 3 is 2.54 bits per heavy atom. The molecule has 3 rings (SSSR count). The zero-order chi connectivity index (χ0) is 18.5. The molecular weight excluding hydrogens is 334 g/mol. The van der Waals surface area contributed by atoms with E-state index >= 15 is 0 Å². The number of benzene rings is 1. The van der Waals surface area contributed by atoms with E-state index in [9.17, 15) is 4.79 Å². The maximum atomic E-state index is 12.7. The molecule has 1 aliphatic heterocycles. The number of hydrogen-bond acceptors (Lipinski definition) is 7. The van der Waals surface area contributed by atoms with Crippen LogP contribution in [0.15, 0.2) is 30.6 Å². The van der Waals surface area contributed by atoms with Gasteiger partial charge < -0.3 is 24.6 Å². The summed E-state index contributed by atoms with van der Waals surface area (Å²) in [5.74, 6) is 1.78. The Hall–Kier alpha value is -2.87. The first-order valence-corrected chi connectivity index (χ1v) is 8.39. The maximum absolute atomic E-state index is 12.7. The van der Waals surface area contributed by atoms with Gasteiger partial charge in [-0.05, 0) is 19.2 Å². The third kappa shape index (κ3) is 4.02. The van der Waals surface area contributed by atoms with Crippen molar-refractivity contribution in [3.63, 3.8) is 0 Å². The van der Waals surface area contributed by atoms with Crippen LogP contribution in [0, 0.1) is 0 Å². The van der Waals surface area contributed by atoms with Crippen LogP contribution >= 0.6 is 0 Å². The number of amides is 1. The smallest absolute Gasteiger partial charge is 0.272 e. The van der Waals surface area contributed by atoms with Gasteiger partial charge in [0.25, 0.3) is 5.91 Å². The lowest BCUT2D eigenvalue weighted by Crippen LogP contribution is -2.47.